The summed E-state index contributed by atoms with van der Waals surface area (Å²) in [7, 11) is 0. The molecule has 4 nitrogen and oxygen atoms in total. The zero-order chi connectivity index (χ0) is 18.2. The molecule has 0 aromatic heterocycles. The van der Waals surface area contributed by atoms with E-state index < -0.39 is 11.6 Å². The van der Waals surface area contributed by atoms with Gasteiger partial charge in [-0.2, -0.15) is 0 Å². The largest absolute Gasteiger partial charge is 0.445 e. The Bertz CT molecular complexity index is 843. The molecule has 1 amide bonds. The van der Waals surface area contributed by atoms with Crippen LogP contribution in [-0.2, 0) is 16.0 Å². The third-order valence-electron chi connectivity index (χ3n) is 4.74. The standard InChI is InChI=1S/C21H23NO3/c1-5-22(18-11-10-14(2)12-15(18)3)20(24)21(4)13-16-8-6-7-9-17(16)19(23)25-21/h6-12H,5,13H2,1-4H3. The van der Waals surface area contributed by atoms with E-state index in [-0.39, 0.29) is 5.91 Å². The molecule has 0 spiro atoms. The molecule has 0 aliphatic carbocycles. The number of ether oxygens (including phenoxy) is 1. The Morgan fingerprint density at radius 3 is 2.60 bits per heavy atom. The van der Waals surface area contributed by atoms with E-state index in [2.05, 4.69) is 6.07 Å². The van der Waals surface area contributed by atoms with Crippen LogP contribution in [-0.4, -0.2) is 24.0 Å². The number of anilines is 1. The Morgan fingerprint density at radius 2 is 1.92 bits per heavy atom. The number of fused-ring (bicyclic) bond motifs is 1. The quantitative estimate of drug-likeness (QED) is 0.800. The monoisotopic (exact) mass is 337 g/mol. The molecule has 1 atom stereocenters. The van der Waals surface area contributed by atoms with Gasteiger partial charge in [-0.3, -0.25) is 4.79 Å². The van der Waals surface area contributed by atoms with E-state index in [4.69, 9.17) is 4.74 Å². The number of hydrogen-bond donors (Lipinski definition) is 0. The van der Waals surface area contributed by atoms with Crippen molar-refractivity contribution < 1.29 is 14.3 Å². The molecule has 3 rings (SSSR count). The number of benzene rings is 2. The van der Waals surface area contributed by atoms with Crippen molar-refractivity contribution in [2.75, 3.05) is 11.4 Å². The predicted octanol–water partition coefficient (Wildman–Crippen LogP) is 3.83. The van der Waals surface area contributed by atoms with Crippen LogP contribution in [0.2, 0.25) is 0 Å². The van der Waals surface area contributed by atoms with Crippen molar-refractivity contribution in [2.45, 2.75) is 39.7 Å². The van der Waals surface area contributed by atoms with Crippen LogP contribution >= 0.6 is 0 Å². The minimum atomic E-state index is -1.20. The lowest BCUT2D eigenvalue weighted by Gasteiger charge is -2.37. The second-order valence-corrected chi connectivity index (χ2v) is 6.79. The first-order valence-electron chi connectivity index (χ1n) is 8.56. The molecule has 0 bridgehead atoms. The SMILES string of the molecule is CCN(C(=O)C1(C)Cc2ccccc2C(=O)O1)c1ccc(C)cc1C. The first-order valence-corrected chi connectivity index (χ1v) is 8.56. The zero-order valence-electron chi connectivity index (χ0n) is 15.1. The molecule has 1 heterocycles. The van der Waals surface area contributed by atoms with E-state index in [1.807, 2.05) is 45.0 Å². The van der Waals surface area contributed by atoms with Crippen molar-refractivity contribution in [3.05, 3.63) is 64.7 Å². The summed E-state index contributed by atoms with van der Waals surface area (Å²) in [6, 6.07) is 13.3. The number of carbonyl (C=O) groups excluding carboxylic acids is 2. The highest BCUT2D eigenvalue weighted by molar-refractivity contribution is 6.04. The van der Waals surface area contributed by atoms with Crippen molar-refractivity contribution in [1.29, 1.82) is 0 Å². The number of rotatable bonds is 3. The summed E-state index contributed by atoms with van der Waals surface area (Å²) in [5, 5.41) is 0. The number of likely N-dealkylation sites (N-methyl/N-ethyl adjacent to an activating group) is 1. The number of cyclic esters (lactones) is 1. The van der Waals surface area contributed by atoms with Gasteiger partial charge in [0.25, 0.3) is 5.91 Å². The number of aryl methyl sites for hydroxylation is 2. The minimum Gasteiger partial charge on any atom is -0.445 e. The van der Waals surface area contributed by atoms with Gasteiger partial charge in [-0.05, 0) is 51.0 Å². The fourth-order valence-corrected chi connectivity index (χ4v) is 3.47. The molecule has 1 unspecified atom stereocenters. The van der Waals surface area contributed by atoms with E-state index >= 15 is 0 Å². The highest BCUT2D eigenvalue weighted by Crippen LogP contribution is 2.32. The summed E-state index contributed by atoms with van der Waals surface area (Å²) in [4.78, 5) is 27.4. The van der Waals surface area contributed by atoms with Gasteiger partial charge in [0.15, 0.2) is 5.60 Å². The maximum absolute atomic E-state index is 13.3. The lowest BCUT2D eigenvalue weighted by molar-refractivity contribution is -0.136. The van der Waals surface area contributed by atoms with Gasteiger partial charge < -0.3 is 9.64 Å². The molecule has 0 radical (unpaired) electrons. The fourth-order valence-electron chi connectivity index (χ4n) is 3.47. The number of carbonyl (C=O) groups is 2. The topological polar surface area (TPSA) is 46.6 Å². The second-order valence-electron chi connectivity index (χ2n) is 6.79. The fraction of sp³-hybridized carbons (Fsp3) is 0.333. The third kappa shape index (κ3) is 3.04. The molecular weight excluding hydrogens is 314 g/mol. The molecule has 0 saturated carbocycles. The summed E-state index contributed by atoms with van der Waals surface area (Å²) in [6.45, 7) is 8.16. The third-order valence-corrected chi connectivity index (χ3v) is 4.74. The summed E-state index contributed by atoms with van der Waals surface area (Å²) >= 11 is 0. The highest BCUT2D eigenvalue weighted by Gasteiger charge is 2.45. The van der Waals surface area contributed by atoms with Gasteiger partial charge in [0.05, 0.1) is 5.56 Å². The maximum atomic E-state index is 13.3. The van der Waals surface area contributed by atoms with Gasteiger partial charge >= 0.3 is 5.97 Å². The van der Waals surface area contributed by atoms with Crippen LogP contribution in [0.1, 0.15) is 40.9 Å². The first-order chi connectivity index (χ1) is 11.9. The van der Waals surface area contributed by atoms with Crippen molar-refractivity contribution in [3.63, 3.8) is 0 Å². The smallest absolute Gasteiger partial charge is 0.339 e. The van der Waals surface area contributed by atoms with E-state index in [0.717, 1.165) is 22.4 Å². The van der Waals surface area contributed by atoms with Crippen molar-refractivity contribution in [1.82, 2.24) is 0 Å². The van der Waals surface area contributed by atoms with Gasteiger partial charge in [0.1, 0.15) is 0 Å². The Hall–Kier alpha value is -2.62. The van der Waals surface area contributed by atoms with Gasteiger partial charge in [0.2, 0.25) is 0 Å². The lowest BCUT2D eigenvalue weighted by Crippen LogP contribution is -2.53. The summed E-state index contributed by atoms with van der Waals surface area (Å²) in [5.74, 6) is -0.626. The van der Waals surface area contributed by atoms with Crippen molar-refractivity contribution in [3.8, 4) is 0 Å². The Balaban J connectivity index is 1.97. The average molecular weight is 337 g/mol. The van der Waals surface area contributed by atoms with Crippen molar-refractivity contribution >= 4 is 17.6 Å². The molecule has 2 aromatic rings. The molecule has 0 saturated heterocycles. The number of amides is 1. The van der Waals surface area contributed by atoms with E-state index in [1.165, 1.54) is 0 Å². The summed E-state index contributed by atoms with van der Waals surface area (Å²) in [6.07, 6.45) is 0.384. The number of nitrogens with zero attached hydrogens (tertiary/aromatic N) is 1. The van der Waals surface area contributed by atoms with Gasteiger partial charge in [-0.15, -0.1) is 0 Å². The second kappa shape index (κ2) is 6.36. The maximum Gasteiger partial charge on any atom is 0.339 e. The molecule has 1 aliphatic heterocycles. The predicted molar refractivity (Wildman–Crippen MR) is 97.9 cm³/mol. The van der Waals surface area contributed by atoms with Crippen LogP contribution in [0.5, 0.6) is 0 Å². The van der Waals surface area contributed by atoms with E-state index in [9.17, 15) is 9.59 Å². The molecule has 25 heavy (non-hydrogen) atoms. The summed E-state index contributed by atoms with van der Waals surface area (Å²) in [5.41, 5.74) is 3.23. The lowest BCUT2D eigenvalue weighted by atomic mass is 9.88. The van der Waals surface area contributed by atoms with E-state index in [1.54, 1.807) is 24.0 Å². The zero-order valence-corrected chi connectivity index (χ0v) is 15.1. The van der Waals surface area contributed by atoms with Crippen LogP contribution in [0.4, 0.5) is 5.69 Å². The molecule has 130 valence electrons. The average Bonchev–Trinajstić information content (AvgIpc) is 2.57. The first kappa shape index (κ1) is 17.2. The van der Waals surface area contributed by atoms with Gasteiger partial charge in [-0.1, -0.05) is 35.9 Å². The highest BCUT2D eigenvalue weighted by atomic mass is 16.6. The van der Waals surface area contributed by atoms with Gasteiger partial charge in [-0.25, -0.2) is 4.79 Å². The molecule has 0 fully saturated rings. The molecule has 1 aliphatic rings. The normalized spacial score (nSPS) is 19.1. The Morgan fingerprint density at radius 1 is 1.20 bits per heavy atom. The summed E-state index contributed by atoms with van der Waals surface area (Å²) < 4.78 is 5.60. The van der Waals surface area contributed by atoms with Crippen LogP contribution < -0.4 is 4.90 Å². The van der Waals surface area contributed by atoms with Crippen LogP contribution in [0.3, 0.4) is 0 Å². The number of hydrogen-bond acceptors (Lipinski definition) is 3. The van der Waals surface area contributed by atoms with E-state index in [0.29, 0.717) is 18.5 Å². The minimum absolute atomic E-state index is 0.190. The molecular formula is C21H23NO3. The molecule has 4 heteroatoms. The Labute approximate surface area is 148 Å². The van der Waals surface area contributed by atoms with Crippen LogP contribution in [0.25, 0.3) is 0 Å². The number of esters is 1. The Kier molecular flexibility index (Phi) is 4.38. The van der Waals surface area contributed by atoms with Crippen LogP contribution in [0, 0.1) is 13.8 Å². The molecule has 2 aromatic carbocycles. The van der Waals surface area contributed by atoms with Crippen molar-refractivity contribution in [2.24, 2.45) is 0 Å². The molecule has 0 N–H and O–H groups in total. The van der Waals surface area contributed by atoms with Gasteiger partial charge in [0, 0.05) is 18.7 Å². The van der Waals surface area contributed by atoms with Crippen LogP contribution in [0.15, 0.2) is 42.5 Å².